The van der Waals surface area contributed by atoms with Gasteiger partial charge in [0.05, 0.1) is 12.7 Å². The lowest BCUT2D eigenvalue weighted by Gasteiger charge is -2.13. The molecule has 0 bridgehead atoms. The highest BCUT2D eigenvalue weighted by Gasteiger charge is 2.20. The molecule has 0 saturated heterocycles. The summed E-state index contributed by atoms with van der Waals surface area (Å²) >= 11 is 3.51. The number of rotatable bonds is 8. The summed E-state index contributed by atoms with van der Waals surface area (Å²) in [4.78, 5) is 0. The van der Waals surface area contributed by atoms with E-state index < -0.39 is 0 Å². The molecule has 1 aliphatic carbocycles. The van der Waals surface area contributed by atoms with Crippen LogP contribution in [0.4, 0.5) is 0 Å². The molecule has 19 heavy (non-hydrogen) atoms. The number of hydrogen-bond acceptors (Lipinski definition) is 3. The van der Waals surface area contributed by atoms with Crippen molar-refractivity contribution in [2.45, 2.75) is 45.4 Å². The highest BCUT2D eigenvalue weighted by atomic mass is 79.9. The van der Waals surface area contributed by atoms with Crippen LogP contribution in [-0.4, -0.2) is 25.4 Å². The van der Waals surface area contributed by atoms with Crippen LogP contribution in [-0.2, 0) is 11.3 Å². The summed E-state index contributed by atoms with van der Waals surface area (Å²) in [5.74, 6) is 0.948. The van der Waals surface area contributed by atoms with Crippen LogP contribution < -0.4 is 10.1 Å². The molecule has 1 aromatic rings. The van der Waals surface area contributed by atoms with Gasteiger partial charge in [-0.15, -0.1) is 0 Å². The zero-order valence-corrected chi connectivity index (χ0v) is 13.2. The van der Waals surface area contributed by atoms with E-state index in [1.54, 1.807) is 0 Å². The Kier molecular flexibility index (Phi) is 5.67. The predicted molar refractivity (Wildman–Crippen MR) is 80.6 cm³/mol. The molecule has 106 valence electrons. The minimum atomic E-state index is 0.254. The smallest absolute Gasteiger partial charge is 0.123 e. The fourth-order valence-corrected chi connectivity index (χ4v) is 2.21. The van der Waals surface area contributed by atoms with Gasteiger partial charge >= 0.3 is 0 Å². The zero-order valence-electron chi connectivity index (χ0n) is 11.6. The van der Waals surface area contributed by atoms with Gasteiger partial charge in [0.25, 0.3) is 0 Å². The summed E-state index contributed by atoms with van der Waals surface area (Å²) in [5, 5.41) is 3.52. The third-order valence-electron chi connectivity index (χ3n) is 2.97. The van der Waals surface area contributed by atoms with Gasteiger partial charge in [0, 0.05) is 22.6 Å². The molecule has 1 fully saturated rings. The van der Waals surface area contributed by atoms with Crippen molar-refractivity contribution in [1.29, 1.82) is 0 Å². The van der Waals surface area contributed by atoms with E-state index in [1.165, 1.54) is 18.4 Å². The standard InChI is InChI=1S/C15H22BrNO2/c1-11(2)18-7-8-19-15-6-3-13(16)9-12(15)10-17-14-4-5-14/h3,6,9,11,14,17H,4-5,7-8,10H2,1-2H3. The molecule has 2 rings (SSSR count). The van der Waals surface area contributed by atoms with Crippen LogP contribution in [0.5, 0.6) is 5.75 Å². The maximum Gasteiger partial charge on any atom is 0.123 e. The molecule has 0 spiro atoms. The van der Waals surface area contributed by atoms with Crippen LogP contribution in [0, 0.1) is 0 Å². The summed E-state index contributed by atoms with van der Waals surface area (Å²) in [6, 6.07) is 6.85. The molecule has 0 atom stereocenters. The maximum absolute atomic E-state index is 5.81. The van der Waals surface area contributed by atoms with Crippen molar-refractivity contribution >= 4 is 15.9 Å². The summed E-state index contributed by atoms with van der Waals surface area (Å²) in [7, 11) is 0. The third kappa shape index (κ3) is 5.51. The van der Waals surface area contributed by atoms with Crippen LogP contribution in [0.1, 0.15) is 32.3 Å². The highest BCUT2D eigenvalue weighted by Crippen LogP contribution is 2.25. The molecule has 0 aliphatic heterocycles. The topological polar surface area (TPSA) is 30.5 Å². The Morgan fingerprint density at radius 1 is 1.32 bits per heavy atom. The molecule has 1 saturated carbocycles. The lowest BCUT2D eigenvalue weighted by molar-refractivity contribution is 0.0550. The van der Waals surface area contributed by atoms with Crippen LogP contribution >= 0.6 is 15.9 Å². The Hall–Kier alpha value is -0.580. The van der Waals surface area contributed by atoms with E-state index in [4.69, 9.17) is 9.47 Å². The van der Waals surface area contributed by atoms with Crippen molar-refractivity contribution in [2.24, 2.45) is 0 Å². The van der Waals surface area contributed by atoms with Crippen molar-refractivity contribution in [3.63, 3.8) is 0 Å². The normalized spacial score (nSPS) is 14.9. The van der Waals surface area contributed by atoms with Gasteiger partial charge in [-0.1, -0.05) is 15.9 Å². The molecule has 1 aromatic carbocycles. The molecule has 1 N–H and O–H groups in total. The third-order valence-corrected chi connectivity index (χ3v) is 3.47. The number of ether oxygens (including phenoxy) is 2. The van der Waals surface area contributed by atoms with Crippen LogP contribution in [0.25, 0.3) is 0 Å². The van der Waals surface area contributed by atoms with E-state index in [9.17, 15) is 0 Å². The van der Waals surface area contributed by atoms with E-state index >= 15 is 0 Å². The first-order valence-electron chi connectivity index (χ1n) is 6.91. The Morgan fingerprint density at radius 3 is 2.79 bits per heavy atom. The van der Waals surface area contributed by atoms with Gasteiger partial charge < -0.3 is 14.8 Å². The summed E-state index contributed by atoms with van der Waals surface area (Å²) < 4.78 is 12.4. The van der Waals surface area contributed by atoms with Crippen molar-refractivity contribution in [3.8, 4) is 5.75 Å². The van der Waals surface area contributed by atoms with Crippen molar-refractivity contribution in [3.05, 3.63) is 28.2 Å². The lowest BCUT2D eigenvalue weighted by atomic mass is 10.2. The van der Waals surface area contributed by atoms with E-state index in [-0.39, 0.29) is 6.10 Å². The number of benzene rings is 1. The largest absolute Gasteiger partial charge is 0.491 e. The van der Waals surface area contributed by atoms with Gasteiger partial charge in [-0.3, -0.25) is 0 Å². The van der Waals surface area contributed by atoms with Gasteiger partial charge in [0.1, 0.15) is 12.4 Å². The molecule has 0 amide bonds. The molecule has 3 nitrogen and oxygen atoms in total. The summed E-state index contributed by atoms with van der Waals surface area (Å²) in [5.41, 5.74) is 1.20. The molecule has 1 aliphatic rings. The first kappa shape index (κ1) is 14.8. The number of nitrogens with one attached hydrogen (secondary N) is 1. The quantitative estimate of drug-likeness (QED) is 0.741. The van der Waals surface area contributed by atoms with Gasteiger partial charge in [-0.05, 0) is 44.9 Å². The van der Waals surface area contributed by atoms with Crippen molar-refractivity contribution in [1.82, 2.24) is 5.32 Å². The average Bonchev–Trinajstić information content (AvgIpc) is 3.17. The second kappa shape index (κ2) is 7.27. The first-order chi connectivity index (χ1) is 9.15. The molecule has 0 unspecified atom stereocenters. The molecule has 4 heteroatoms. The Labute approximate surface area is 123 Å². The SMILES string of the molecule is CC(C)OCCOc1ccc(Br)cc1CNC1CC1. The Morgan fingerprint density at radius 2 is 2.11 bits per heavy atom. The average molecular weight is 328 g/mol. The van der Waals surface area contributed by atoms with Crippen molar-refractivity contribution < 1.29 is 9.47 Å². The Bertz CT molecular complexity index is 405. The van der Waals surface area contributed by atoms with E-state index in [0.29, 0.717) is 19.3 Å². The molecular formula is C15H22BrNO2. The lowest BCUT2D eigenvalue weighted by Crippen LogP contribution is -2.17. The van der Waals surface area contributed by atoms with Gasteiger partial charge in [-0.25, -0.2) is 0 Å². The number of halogens is 1. The van der Waals surface area contributed by atoms with Crippen LogP contribution in [0.15, 0.2) is 22.7 Å². The summed E-state index contributed by atoms with van der Waals surface area (Å²) in [6.07, 6.45) is 2.85. The van der Waals surface area contributed by atoms with E-state index in [2.05, 4.69) is 27.3 Å². The van der Waals surface area contributed by atoms with E-state index in [0.717, 1.165) is 16.8 Å². The zero-order chi connectivity index (χ0) is 13.7. The highest BCUT2D eigenvalue weighted by molar-refractivity contribution is 9.10. The fraction of sp³-hybridized carbons (Fsp3) is 0.600. The van der Waals surface area contributed by atoms with Gasteiger partial charge in [-0.2, -0.15) is 0 Å². The van der Waals surface area contributed by atoms with E-state index in [1.807, 2.05) is 26.0 Å². The number of hydrogen-bond donors (Lipinski definition) is 1. The first-order valence-corrected chi connectivity index (χ1v) is 7.70. The minimum Gasteiger partial charge on any atom is -0.491 e. The Balaban J connectivity index is 1.85. The minimum absolute atomic E-state index is 0.254. The van der Waals surface area contributed by atoms with Gasteiger partial charge in [0.15, 0.2) is 0 Å². The predicted octanol–water partition coefficient (Wildman–Crippen LogP) is 3.50. The molecule has 0 aromatic heterocycles. The summed E-state index contributed by atoms with van der Waals surface area (Å²) in [6.45, 7) is 6.15. The van der Waals surface area contributed by atoms with Crippen LogP contribution in [0.2, 0.25) is 0 Å². The maximum atomic E-state index is 5.81. The monoisotopic (exact) mass is 327 g/mol. The molecule has 0 heterocycles. The molecule has 0 radical (unpaired) electrons. The second-order valence-electron chi connectivity index (χ2n) is 5.18. The fourth-order valence-electron chi connectivity index (χ4n) is 1.80. The van der Waals surface area contributed by atoms with Crippen molar-refractivity contribution in [2.75, 3.05) is 13.2 Å². The molecular weight excluding hydrogens is 306 g/mol. The van der Waals surface area contributed by atoms with Gasteiger partial charge in [0.2, 0.25) is 0 Å². The second-order valence-corrected chi connectivity index (χ2v) is 6.09. The van der Waals surface area contributed by atoms with Crippen LogP contribution in [0.3, 0.4) is 0 Å².